The van der Waals surface area contributed by atoms with Crippen LogP contribution in [0, 0.1) is 17.8 Å². The number of nitrogens with zero attached hydrogens (tertiary/aromatic N) is 1. The van der Waals surface area contributed by atoms with E-state index in [2.05, 4.69) is 51.7 Å². The van der Waals surface area contributed by atoms with Crippen molar-refractivity contribution in [1.29, 1.82) is 0 Å². The summed E-state index contributed by atoms with van der Waals surface area (Å²) in [6.07, 6.45) is 3.37. The molecule has 1 rings (SSSR count). The van der Waals surface area contributed by atoms with Crippen molar-refractivity contribution in [2.24, 2.45) is 17.8 Å². The second-order valence-corrected chi connectivity index (χ2v) is 6.42. The quantitative estimate of drug-likeness (QED) is 0.794. The zero-order valence-corrected chi connectivity index (χ0v) is 12.3. The molecule has 0 amide bonds. The third kappa shape index (κ3) is 4.53. The Labute approximate surface area is 106 Å². The Balaban J connectivity index is 2.92. The molecule has 0 aliphatic heterocycles. The molecule has 0 bridgehead atoms. The SMILES string of the molecule is CC(C)Cc1n[nH]c(CC(C)C)c1CC(C)C. The first kappa shape index (κ1) is 14.3. The molecule has 98 valence electrons. The van der Waals surface area contributed by atoms with Crippen molar-refractivity contribution in [2.75, 3.05) is 0 Å². The van der Waals surface area contributed by atoms with E-state index >= 15 is 0 Å². The third-order valence-corrected chi connectivity index (χ3v) is 2.86. The lowest BCUT2D eigenvalue weighted by atomic mass is 9.94. The summed E-state index contributed by atoms with van der Waals surface area (Å²) < 4.78 is 0. The second-order valence-electron chi connectivity index (χ2n) is 6.42. The summed E-state index contributed by atoms with van der Waals surface area (Å²) in [6.45, 7) is 13.6. The van der Waals surface area contributed by atoms with Gasteiger partial charge in [-0.3, -0.25) is 5.10 Å². The minimum absolute atomic E-state index is 0.677. The van der Waals surface area contributed by atoms with E-state index in [0.717, 1.165) is 19.3 Å². The molecule has 2 nitrogen and oxygen atoms in total. The number of nitrogens with one attached hydrogen (secondary N) is 1. The molecule has 0 aliphatic rings. The normalized spacial score (nSPS) is 12.1. The van der Waals surface area contributed by atoms with Gasteiger partial charge in [-0.2, -0.15) is 5.10 Å². The molecule has 17 heavy (non-hydrogen) atoms. The van der Waals surface area contributed by atoms with Gasteiger partial charge in [0.25, 0.3) is 0 Å². The number of H-pyrrole nitrogens is 1. The summed E-state index contributed by atoms with van der Waals surface area (Å²) in [5, 5.41) is 7.80. The second kappa shape index (κ2) is 6.23. The van der Waals surface area contributed by atoms with Crippen molar-refractivity contribution >= 4 is 0 Å². The number of hydrogen-bond acceptors (Lipinski definition) is 1. The molecule has 0 aromatic carbocycles. The Bertz CT molecular complexity index is 307. The highest BCUT2D eigenvalue weighted by atomic mass is 15.1. The lowest BCUT2D eigenvalue weighted by Gasteiger charge is -2.11. The Morgan fingerprint density at radius 1 is 0.824 bits per heavy atom. The van der Waals surface area contributed by atoms with Crippen molar-refractivity contribution in [3.05, 3.63) is 17.0 Å². The van der Waals surface area contributed by atoms with Gasteiger partial charge in [-0.25, -0.2) is 0 Å². The van der Waals surface area contributed by atoms with Crippen molar-refractivity contribution in [1.82, 2.24) is 10.2 Å². The number of aromatic nitrogens is 2. The monoisotopic (exact) mass is 236 g/mol. The molecule has 1 N–H and O–H groups in total. The molecule has 0 fully saturated rings. The maximum absolute atomic E-state index is 4.54. The van der Waals surface area contributed by atoms with Gasteiger partial charge < -0.3 is 0 Å². The predicted molar refractivity (Wildman–Crippen MR) is 74.2 cm³/mol. The first-order valence-corrected chi connectivity index (χ1v) is 6.95. The molecule has 1 aromatic heterocycles. The Morgan fingerprint density at radius 2 is 1.35 bits per heavy atom. The average Bonchev–Trinajstić information content (AvgIpc) is 2.47. The van der Waals surface area contributed by atoms with Crippen LogP contribution in [0.1, 0.15) is 58.5 Å². The van der Waals surface area contributed by atoms with Gasteiger partial charge in [-0.15, -0.1) is 0 Å². The smallest absolute Gasteiger partial charge is 0.0659 e. The standard InChI is InChI=1S/C15H28N2/c1-10(2)7-13-14(8-11(3)4)16-17-15(13)9-12(5)6/h10-12H,7-9H2,1-6H3,(H,16,17). The van der Waals surface area contributed by atoms with E-state index in [-0.39, 0.29) is 0 Å². The maximum Gasteiger partial charge on any atom is 0.0659 e. The molecule has 1 aromatic rings. The fourth-order valence-corrected chi connectivity index (χ4v) is 2.23. The van der Waals surface area contributed by atoms with Crippen LogP contribution in [0.3, 0.4) is 0 Å². The van der Waals surface area contributed by atoms with Crippen molar-refractivity contribution in [2.45, 2.75) is 60.8 Å². The van der Waals surface area contributed by atoms with E-state index in [1.165, 1.54) is 17.0 Å². The minimum Gasteiger partial charge on any atom is -0.282 e. The van der Waals surface area contributed by atoms with Gasteiger partial charge >= 0.3 is 0 Å². The summed E-state index contributed by atoms with van der Waals surface area (Å²) in [7, 11) is 0. The molecule has 0 radical (unpaired) electrons. The third-order valence-electron chi connectivity index (χ3n) is 2.86. The van der Waals surface area contributed by atoms with E-state index in [1.54, 1.807) is 0 Å². The zero-order valence-electron chi connectivity index (χ0n) is 12.3. The molecule has 0 aliphatic carbocycles. The number of aromatic amines is 1. The van der Waals surface area contributed by atoms with Crippen LogP contribution < -0.4 is 0 Å². The molecule has 0 saturated carbocycles. The minimum atomic E-state index is 0.677. The highest BCUT2D eigenvalue weighted by Gasteiger charge is 2.16. The molecule has 0 atom stereocenters. The van der Waals surface area contributed by atoms with Crippen LogP contribution in [0.2, 0.25) is 0 Å². The fraction of sp³-hybridized carbons (Fsp3) is 0.800. The Kier molecular flexibility index (Phi) is 5.23. The largest absolute Gasteiger partial charge is 0.282 e. The van der Waals surface area contributed by atoms with Crippen molar-refractivity contribution < 1.29 is 0 Å². The first-order chi connectivity index (χ1) is 7.90. The molecule has 1 heterocycles. The van der Waals surface area contributed by atoms with Crippen LogP contribution in [0.15, 0.2) is 0 Å². The number of rotatable bonds is 6. The van der Waals surface area contributed by atoms with Crippen molar-refractivity contribution in [3.8, 4) is 0 Å². The van der Waals surface area contributed by atoms with Crippen LogP contribution >= 0.6 is 0 Å². The predicted octanol–water partition coefficient (Wildman–Crippen LogP) is 4.01. The topological polar surface area (TPSA) is 28.7 Å². The number of hydrogen-bond donors (Lipinski definition) is 1. The Hall–Kier alpha value is -0.790. The highest BCUT2D eigenvalue weighted by molar-refractivity contribution is 5.26. The molecular weight excluding hydrogens is 208 g/mol. The summed E-state index contributed by atoms with van der Waals surface area (Å²) in [5.41, 5.74) is 4.15. The highest BCUT2D eigenvalue weighted by Crippen LogP contribution is 2.21. The van der Waals surface area contributed by atoms with Gasteiger partial charge in [0.15, 0.2) is 0 Å². The van der Waals surface area contributed by atoms with E-state index in [4.69, 9.17) is 0 Å². The summed E-state index contributed by atoms with van der Waals surface area (Å²) in [6, 6.07) is 0. The van der Waals surface area contributed by atoms with E-state index in [0.29, 0.717) is 17.8 Å². The molecule has 0 unspecified atom stereocenters. The molecule has 0 spiro atoms. The molecular formula is C15H28N2. The first-order valence-electron chi connectivity index (χ1n) is 6.95. The Morgan fingerprint density at radius 3 is 1.82 bits per heavy atom. The summed E-state index contributed by atoms with van der Waals surface area (Å²) in [5.74, 6) is 2.06. The zero-order chi connectivity index (χ0) is 13.0. The van der Waals surface area contributed by atoms with Crippen LogP contribution in [0.25, 0.3) is 0 Å². The molecule has 0 saturated heterocycles. The van der Waals surface area contributed by atoms with Crippen molar-refractivity contribution in [3.63, 3.8) is 0 Å². The van der Waals surface area contributed by atoms with Gasteiger partial charge in [0.05, 0.1) is 5.69 Å². The van der Waals surface area contributed by atoms with Crippen LogP contribution in [-0.2, 0) is 19.3 Å². The fourth-order valence-electron chi connectivity index (χ4n) is 2.23. The summed E-state index contributed by atoms with van der Waals surface area (Å²) in [4.78, 5) is 0. The van der Waals surface area contributed by atoms with Crippen LogP contribution in [0.5, 0.6) is 0 Å². The average molecular weight is 236 g/mol. The van der Waals surface area contributed by atoms with E-state index in [1.807, 2.05) is 0 Å². The van der Waals surface area contributed by atoms with Gasteiger partial charge in [0.1, 0.15) is 0 Å². The van der Waals surface area contributed by atoms with Gasteiger partial charge in [0, 0.05) is 5.69 Å². The molecule has 2 heteroatoms. The maximum atomic E-state index is 4.54. The van der Waals surface area contributed by atoms with Gasteiger partial charge in [-0.1, -0.05) is 41.5 Å². The van der Waals surface area contributed by atoms with Gasteiger partial charge in [-0.05, 0) is 42.6 Å². The van der Waals surface area contributed by atoms with E-state index < -0.39 is 0 Å². The van der Waals surface area contributed by atoms with Gasteiger partial charge in [0.2, 0.25) is 0 Å². The van der Waals surface area contributed by atoms with E-state index in [9.17, 15) is 0 Å². The summed E-state index contributed by atoms with van der Waals surface area (Å²) >= 11 is 0. The lowest BCUT2D eigenvalue weighted by molar-refractivity contribution is 0.598. The van der Waals surface area contributed by atoms with Crippen LogP contribution in [-0.4, -0.2) is 10.2 Å². The lowest BCUT2D eigenvalue weighted by Crippen LogP contribution is -2.05. The van der Waals surface area contributed by atoms with Crippen LogP contribution in [0.4, 0.5) is 0 Å².